The fourth-order valence-corrected chi connectivity index (χ4v) is 2.04. The van der Waals surface area contributed by atoms with Crippen LogP contribution in [0.1, 0.15) is 13.3 Å². The molecular weight excluding hydrogens is 256 g/mol. The van der Waals surface area contributed by atoms with E-state index in [1.807, 2.05) is 0 Å². The zero-order chi connectivity index (χ0) is 14.6. The van der Waals surface area contributed by atoms with Crippen LogP contribution >= 0.6 is 0 Å². The number of likely N-dealkylation sites (tertiary alicyclic amines) is 1. The molecule has 8 heteroatoms. The number of nitrogens with one attached hydrogen (secondary N) is 1. The number of hydrogen-bond donors (Lipinski definition) is 3. The van der Waals surface area contributed by atoms with Crippen molar-refractivity contribution in [1.82, 2.24) is 10.2 Å². The second-order valence-electron chi connectivity index (χ2n) is 4.43. The summed E-state index contributed by atoms with van der Waals surface area (Å²) in [6.07, 6.45) is 0.0953. The molecule has 1 aliphatic heterocycles. The molecule has 0 saturated carbocycles. The summed E-state index contributed by atoms with van der Waals surface area (Å²) in [5.74, 6) is -5.27. The van der Waals surface area contributed by atoms with Crippen molar-refractivity contribution in [2.24, 2.45) is 11.8 Å². The van der Waals surface area contributed by atoms with Crippen LogP contribution < -0.4 is 5.32 Å². The fourth-order valence-electron chi connectivity index (χ4n) is 2.04. The highest BCUT2D eigenvalue weighted by molar-refractivity contribution is 5.85. The predicted molar refractivity (Wildman–Crippen MR) is 62.1 cm³/mol. The first-order chi connectivity index (χ1) is 8.82. The lowest BCUT2D eigenvalue weighted by molar-refractivity contribution is -0.159. The monoisotopic (exact) mass is 272 g/mol. The van der Waals surface area contributed by atoms with E-state index in [1.54, 1.807) is 0 Å². The zero-order valence-electron chi connectivity index (χ0n) is 10.5. The Morgan fingerprint density at radius 3 is 2.21 bits per heavy atom. The van der Waals surface area contributed by atoms with Crippen LogP contribution in [0.2, 0.25) is 0 Å². The maximum atomic E-state index is 11.7. The van der Waals surface area contributed by atoms with Gasteiger partial charge in [-0.25, -0.2) is 0 Å². The molecular formula is C11H16N2O6. The van der Waals surface area contributed by atoms with E-state index in [0.29, 0.717) is 0 Å². The molecule has 2 amide bonds. The number of carboxylic acids is 2. The minimum absolute atomic E-state index is 0.0953. The quantitative estimate of drug-likeness (QED) is 0.588. The van der Waals surface area contributed by atoms with Crippen molar-refractivity contribution < 1.29 is 29.4 Å². The molecule has 0 spiro atoms. The van der Waals surface area contributed by atoms with Crippen LogP contribution in [-0.2, 0) is 19.2 Å². The van der Waals surface area contributed by atoms with Gasteiger partial charge in [-0.2, -0.15) is 0 Å². The van der Waals surface area contributed by atoms with Crippen molar-refractivity contribution in [1.29, 1.82) is 0 Å². The summed E-state index contributed by atoms with van der Waals surface area (Å²) in [7, 11) is 0. The molecule has 2 atom stereocenters. The molecule has 1 saturated heterocycles. The second-order valence-corrected chi connectivity index (χ2v) is 4.43. The Hall–Kier alpha value is -2.12. The average Bonchev–Trinajstić information content (AvgIpc) is 2.34. The van der Waals surface area contributed by atoms with Crippen LogP contribution in [0.4, 0.5) is 0 Å². The molecule has 0 aromatic carbocycles. The van der Waals surface area contributed by atoms with Crippen LogP contribution in [0.3, 0.4) is 0 Å². The Kier molecular flexibility index (Phi) is 4.85. The normalized spacial score (nSPS) is 22.7. The Morgan fingerprint density at radius 1 is 1.16 bits per heavy atom. The van der Waals surface area contributed by atoms with Gasteiger partial charge in [0.2, 0.25) is 11.8 Å². The number of carbonyl (C=O) groups is 4. The molecule has 1 aliphatic rings. The average molecular weight is 272 g/mol. The largest absolute Gasteiger partial charge is 0.481 e. The lowest BCUT2D eigenvalue weighted by Crippen LogP contribution is -2.50. The summed E-state index contributed by atoms with van der Waals surface area (Å²) in [6, 6.07) is 0. The van der Waals surface area contributed by atoms with Gasteiger partial charge in [0.25, 0.3) is 0 Å². The third kappa shape index (κ3) is 3.94. The molecule has 8 nitrogen and oxygen atoms in total. The van der Waals surface area contributed by atoms with E-state index in [9.17, 15) is 19.2 Å². The van der Waals surface area contributed by atoms with Crippen LogP contribution in [0.25, 0.3) is 0 Å². The molecule has 2 unspecified atom stereocenters. The first-order valence-corrected chi connectivity index (χ1v) is 5.80. The van der Waals surface area contributed by atoms with Crippen LogP contribution in [0, 0.1) is 11.8 Å². The smallest absolute Gasteiger partial charge is 0.309 e. The van der Waals surface area contributed by atoms with Crippen LogP contribution in [-0.4, -0.2) is 58.5 Å². The van der Waals surface area contributed by atoms with Gasteiger partial charge >= 0.3 is 11.9 Å². The maximum Gasteiger partial charge on any atom is 0.309 e. The maximum absolute atomic E-state index is 11.7. The first-order valence-electron chi connectivity index (χ1n) is 5.80. The van der Waals surface area contributed by atoms with E-state index >= 15 is 0 Å². The molecule has 3 N–H and O–H groups in total. The highest BCUT2D eigenvalue weighted by atomic mass is 16.4. The van der Waals surface area contributed by atoms with Crippen molar-refractivity contribution in [2.45, 2.75) is 13.3 Å². The third-order valence-electron chi connectivity index (χ3n) is 3.09. The van der Waals surface area contributed by atoms with Crippen molar-refractivity contribution in [3.8, 4) is 0 Å². The number of aliphatic carboxylic acids is 2. The van der Waals surface area contributed by atoms with Crippen molar-refractivity contribution in [3.63, 3.8) is 0 Å². The Bertz CT molecular complexity index is 408. The highest BCUT2D eigenvalue weighted by Crippen LogP contribution is 2.24. The number of carboxylic acid groups (broad SMARTS) is 2. The van der Waals surface area contributed by atoms with Crippen LogP contribution in [0.15, 0.2) is 0 Å². The molecule has 1 fully saturated rings. The van der Waals surface area contributed by atoms with Gasteiger partial charge in [-0.3, -0.25) is 19.2 Å². The molecule has 19 heavy (non-hydrogen) atoms. The van der Waals surface area contributed by atoms with Gasteiger partial charge in [0.1, 0.15) is 0 Å². The molecule has 0 bridgehead atoms. The Morgan fingerprint density at radius 2 is 1.74 bits per heavy atom. The van der Waals surface area contributed by atoms with E-state index in [4.69, 9.17) is 10.2 Å². The molecule has 0 radical (unpaired) electrons. The molecule has 0 aliphatic carbocycles. The van der Waals surface area contributed by atoms with Gasteiger partial charge in [-0.1, -0.05) is 0 Å². The number of rotatable bonds is 4. The number of hydrogen-bond acceptors (Lipinski definition) is 4. The van der Waals surface area contributed by atoms with E-state index < -0.39 is 29.7 Å². The lowest BCUT2D eigenvalue weighted by atomic mass is 9.85. The predicted octanol–water partition coefficient (Wildman–Crippen LogP) is -1.24. The van der Waals surface area contributed by atoms with Gasteiger partial charge in [0.05, 0.1) is 18.4 Å². The van der Waals surface area contributed by atoms with E-state index in [0.717, 1.165) is 0 Å². The zero-order valence-corrected chi connectivity index (χ0v) is 10.5. The van der Waals surface area contributed by atoms with Gasteiger partial charge < -0.3 is 20.4 Å². The second kappa shape index (κ2) is 6.17. The number of piperidine rings is 1. The van der Waals surface area contributed by atoms with E-state index in [1.165, 1.54) is 11.8 Å². The summed E-state index contributed by atoms with van der Waals surface area (Å²) < 4.78 is 0. The number of amides is 2. The summed E-state index contributed by atoms with van der Waals surface area (Å²) in [5.41, 5.74) is 0. The van der Waals surface area contributed by atoms with Gasteiger partial charge in [-0.05, 0) is 6.42 Å². The Labute approximate surface area is 109 Å². The van der Waals surface area contributed by atoms with Crippen molar-refractivity contribution in [3.05, 3.63) is 0 Å². The van der Waals surface area contributed by atoms with Gasteiger partial charge in [-0.15, -0.1) is 0 Å². The van der Waals surface area contributed by atoms with E-state index in [-0.39, 0.29) is 32.0 Å². The van der Waals surface area contributed by atoms with Gasteiger partial charge in [0, 0.05) is 20.0 Å². The molecule has 106 valence electrons. The van der Waals surface area contributed by atoms with Gasteiger partial charge in [0.15, 0.2) is 0 Å². The molecule has 0 aromatic rings. The SMILES string of the molecule is CC(=O)NCC(=O)N1CCC(C(=O)O)C(C(=O)O)C1. The number of carbonyl (C=O) groups excluding carboxylic acids is 2. The first kappa shape index (κ1) is 14.9. The Balaban J connectivity index is 2.66. The topological polar surface area (TPSA) is 124 Å². The summed E-state index contributed by atoms with van der Waals surface area (Å²) in [6.45, 7) is 1.09. The highest BCUT2D eigenvalue weighted by Gasteiger charge is 2.39. The van der Waals surface area contributed by atoms with E-state index in [2.05, 4.69) is 5.32 Å². The summed E-state index contributed by atoms with van der Waals surface area (Å²) >= 11 is 0. The summed E-state index contributed by atoms with van der Waals surface area (Å²) in [5, 5.41) is 20.3. The molecule has 0 aromatic heterocycles. The third-order valence-corrected chi connectivity index (χ3v) is 3.09. The number of nitrogens with zero attached hydrogens (tertiary/aromatic N) is 1. The molecule has 1 rings (SSSR count). The molecule has 1 heterocycles. The van der Waals surface area contributed by atoms with Crippen molar-refractivity contribution >= 4 is 23.8 Å². The van der Waals surface area contributed by atoms with Crippen molar-refractivity contribution in [2.75, 3.05) is 19.6 Å². The van der Waals surface area contributed by atoms with Crippen LogP contribution in [0.5, 0.6) is 0 Å². The minimum atomic E-state index is -1.23. The summed E-state index contributed by atoms with van der Waals surface area (Å²) in [4.78, 5) is 45.7. The minimum Gasteiger partial charge on any atom is -0.481 e. The lowest BCUT2D eigenvalue weighted by Gasteiger charge is -2.34. The standard InChI is InChI=1S/C11H16N2O6/c1-6(14)12-4-9(15)13-3-2-7(10(16)17)8(5-13)11(18)19/h7-8H,2-5H2,1H3,(H,12,14)(H,16,17)(H,18,19). The fraction of sp³-hybridized carbons (Fsp3) is 0.636.